The minimum atomic E-state index is -0.145. The summed E-state index contributed by atoms with van der Waals surface area (Å²) in [6, 6.07) is 84.4. The molecule has 298 valence electrons. The highest BCUT2D eigenvalue weighted by Gasteiger charge is 2.38. The van der Waals surface area contributed by atoms with E-state index < -0.39 is 0 Å². The second kappa shape index (κ2) is 14.6. The van der Waals surface area contributed by atoms with E-state index in [9.17, 15) is 0 Å². The van der Waals surface area contributed by atoms with Crippen molar-refractivity contribution >= 4 is 49.6 Å². The third kappa shape index (κ3) is 5.94. The minimum absolute atomic E-state index is 0.145. The molecule has 0 saturated carbocycles. The highest BCUT2D eigenvalue weighted by molar-refractivity contribution is 6.16. The summed E-state index contributed by atoms with van der Waals surface area (Å²) in [6.45, 7) is 4.76. The molecule has 0 unspecified atom stereocenters. The van der Waals surface area contributed by atoms with Crippen LogP contribution in [-0.4, -0.2) is 4.57 Å². The van der Waals surface area contributed by atoms with E-state index in [1.165, 1.54) is 93.9 Å². The van der Waals surface area contributed by atoms with Crippen LogP contribution in [0.25, 0.3) is 82.8 Å². The summed E-state index contributed by atoms with van der Waals surface area (Å²) in [6.07, 6.45) is 0. The second-order valence-corrected chi connectivity index (χ2v) is 17.3. The van der Waals surface area contributed by atoms with Gasteiger partial charge in [0.25, 0.3) is 0 Å². The lowest BCUT2D eigenvalue weighted by molar-refractivity contribution is 0.656. The first-order valence-electron chi connectivity index (χ1n) is 21.9. The number of anilines is 3. The lowest BCUT2D eigenvalue weighted by Crippen LogP contribution is -2.17. The largest absolute Gasteiger partial charge is 0.310 e. The Labute approximate surface area is 368 Å². The predicted molar refractivity (Wildman–Crippen MR) is 267 cm³/mol. The van der Waals surface area contributed by atoms with Crippen LogP contribution in [0.2, 0.25) is 0 Å². The first-order chi connectivity index (χ1) is 31.0. The maximum atomic E-state index is 2.51. The fourth-order valence-corrected chi connectivity index (χ4v) is 10.5. The third-order valence-electron chi connectivity index (χ3n) is 13.4. The van der Waals surface area contributed by atoms with Gasteiger partial charge in [-0.1, -0.05) is 190 Å². The predicted octanol–water partition coefficient (Wildman–Crippen LogP) is 16.7. The van der Waals surface area contributed by atoms with Crippen molar-refractivity contribution in [3.63, 3.8) is 0 Å². The Kier molecular flexibility index (Phi) is 8.55. The Morgan fingerprint density at radius 2 is 0.921 bits per heavy atom. The van der Waals surface area contributed by atoms with Crippen LogP contribution in [0.15, 0.2) is 231 Å². The van der Waals surface area contributed by atoms with E-state index in [1.54, 1.807) is 0 Å². The number of hydrogen-bond acceptors (Lipinski definition) is 1. The summed E-state index contributed by atoms with van der Waals surface area (Å²) in [5, 5.41) is 5.05. The van der Waals surface area contributed by atoms with Crippen molar-refractivity contribution in [3.05, 3.63) is 242 Å². The van der Waals surface area contributed by atoms with Crippen molar-refractivity contribution in [2.45, 2.75) is 19.3 Å². The maximum Gasteiger partial charge on any atom is 0.0547 e. The van der Waals surface area contributed by atoms with Crippen molar-refractivity contribution in [2.24, 2.45) is 0 Å². The number of rotatable bonds is 7. The van der Waals surface area contributed by atoms with Gasteiger partial charge < -0.3 is 9.47 Å². The molecule has 0 radical (unpaired) electrons. The van der Waals surface area contributed by atoms with Gasteiger partial charge in [0.1, 0.15) is 0 Å². The third-order valence-corrected chi connectivity index (χ3v) is 13.4. The number of benzene rings is 10. The van der Waals surface area contributed by atoms with Gasteiger partial charge in [0, 0.05) is 33.2 Å². The topological polar surface area (TPSA) is 8.17 Å². The van der Waals surface area contributed by atoms with Gasteiger partial charge in [0.15, 0.2) is 0 Å². The number of fused-ring (bicyclic) bond motifs is 7. The molecule has 0 aliphatic heterocycles. The molecule has 0 atom stereocenters. The first-order valence-corrected chi connectivity index (χ1v) is 21.9. The van der Waals surface area contributed by atoms with E-state index >= 15 is 0 Å². The van der Waals surface area contributed by atoms with Gasteiger partial charge in [-0.15, -0.1) is 0 Å². The zero-order valence-corrected chi connectivity index (χ0v) is 35.3. The van der Waals surface area contributed by atoms with Crippen molar-refractivity contribution in [1.82, 2.24) is 4.57 Å². The zero-order chi connectivity index (χ0) is 42.1. The monoisotopic (exact) mass is 804 g/mol. The SMILES string of the molecule is CC1(C)c2ccccc2-c2cccc(-n3c4ccccc4c4c(-c5cccc(N(c6ccccc6)c6ccc(-c7ccc(-c8cccc9ccccc89)cc7)cc6)c5)cccc43)c21. The van der Waals surface area contributed by atoms with Gasteiger partial charge >= 0.3 is 0 Å². The zero-order valence-electron chi connectivity index (χ0n) is 35.3. The van der Waals surface area contributed by atoms with Crippen LogP contribution >= 0.6 is 0 Å². The maximum absolute atomic E-state index is 2.51. The summed E-state index contributed by atoms with van der Waals surface area (Å²) in [5.74, 6) is 0. The van der Waals surface area contributed by atoms with E-state index in [-0.39, 0.29) is 5.41 Å². The average molecular weight is 805 g/mol. The Balaban J connectivity index is 0.943. The molecule has 1 aliphatic rings. The molecular formula is C61H44N2. The molecule has 10 aromatic carbocycles. The van der Waals surface area contributed by atoms with Gasteiger partial charge in [-0.05, 0) is 121 Å². The van der Waals surface area contributed by atoms with Crippen LogP contribution in [0.4, 0.5) is 17.1 Å². The smallest absolute Gasteiger partial charge is 0.0547 e. The second-order valence-electron chi connectivity index (χ2n) is 17.3. The molecular weight excluding hydrogens is 761 g/mol. The standard InChI is InChI=1S/C61H44N2/c1-61(2)55-28-10-8-23-52(55)53-27-15-31-58(60(53)61)63-56-29-11-9-24-54(56)59-51(26-14-30-57(59)63)45-18-12-21-48(40-45)62(46-19-4-3-5-20-46)47-38-36-42(37-39-47)41-32-34-44(35-33-41)50-25-13-17-43-16-6-7-22-49(43)50/h3-40H,1-2H3. The van der Waals surface area contributed by atoms with Crippen molar-refractivity contribution in [2.75, 3.05) is 4.90 Å². The average Bonchev–Trinajstić information content (AvgIpc) is 3.81. The summed E-state index contributed by atoms with van der Waals surface area (Å²) < 4.78 is 2.51. The number of nitrogens with zero attached hydrogens (tertiary/aromatic N) is 2. The highest BCUT2D eigenvalue weighted by atomic mass is 15.1. The number of hydrogen-bond donors (Lipinski definition) is 0. The van der Waals surface area contributed by atoms with Crippen LogP contribution in [0.3, 0.4) is 0 Å². The molecule has 1 heterocycles. The van der Waals surface area contributed by atoms with Crippen molar-refractivity contribution in [1.29, 1.82) is 0 Å². The Morgan fingerprint density at radius 1 is 0.365 bits per heavy atom. The van der Waals surface area contributed by atoms with Crippen LogP contribution in [0, 0.1) is 0 Å². The van der Waals surface area contributed by atoms with Crippen molar-refractivity contribution < 1.29 is 0 Å². The Bertz CT molecular complexity index is 3510. The lowest BCUT2D eigenvalue weighted by atomic mass is 9.81. The fourth-order valence-electron chi connectivity index (χ4n) is 10.5. The summed E-state index contributed by atoms with van der Waals surface area (Å²) in [5.41, 5.74) is 19.5. The molecule has 0 N–H and O–H groups in total. The summed E-state index contributed by atoms with van der Waals surface area (Å²) in [7, 11) is 0. The number of para-hydroxylation sites is 2. The Hall–Kier alpha value is -7.94. The summed E-state index contributed by atoms with van der Waals surface area (Å²) in [4.78, 5) is 2.37. The molecule has 1 aromatic heterocycles. The normalized spacial score (nSPS) is 12.7. The van der Waals surface area contributed by atoms with E-state index in [2.05, 4.69) is 254 Å². The molecule has 2 nitrogen and oxygen atoms in total. The Morgan fingerprint density at radius 3 is 1.76 bits per heavy atom. The first kappa shape index (κ1) is 36.9. The van der Waals surface area contributed by atoms with E-state index in [0.717, 1.165) is 17.1 Å². The quantitative estimate of drug-likeness (QED) is 0.156. The van der Waals surface area contributed by atoms with Crippen LogP contribution in [-0.2, 0) is 5.41 Å². The molecule has 0 fully saturated rings. The van der Waals surface area contributed by atoms with E-state index in [4.69, 9.17) is 0 Å². The van der Waals surface area contributed by atoms with E-state index in [0.29, 0.717) is 0 Å². The molecule has 63 heavy (non-hydrogen) atoms. The molecule has 12 rings (SSSR count). The van der Waals surface area contributed by atoms with Gasteiger partial charge in [-0.2, -0.15) is 0 Å². The van der Waals surface area contributed by atoms with Gasteiger partial charge in [0.05, 0.1) is 16.7 Å². The van der Waals surface area contributed by atoms with Crippen LogP contribution in [0.1, 0.15) is 25.0 Å². The highest BCUT2D eigenvalue weighted by Crippen LogP contribution is 2.52. The molecule has 0 saturated heterocycles. The lowest BCUT2D eigenvalue weighted by Gasteiger charge is -2.26. The molecule has 1 aliphatic carbocycles. The van der Waals surface area contributed by atoms with Gasteiger partial charge in [-0.25, -0.2) is 0 Å². The summed E-state index contributed by atoms with van der Waals surface area (Å²) >= 11 is 0. The molecule has 0 bridgehead atoms. The fraction of sp³-hybridized carbons (Fsp3) is 0.0492. The minimum Gasteiger partial charge on any atom is -0.310 e. The van der Waals surface area contributed by atoms with Gasteiger partial charge in [0.2, 0.25) is 0 Å². The molecule has 2 heteroatoms. The molecule has 0 spiro atoms. The van der Waals surface area contributed by atoms with Gasteiger partial charge in [-0.3, -0.25) is 0 Å². The van der Waals surface area contributed by atoms with Crippen molar-refractivity contribution in [3.8, 4) is 50.2 Å². The number of aromatic nitrogens is 1. The van der Waals surface area contributed by atoms with E-state index in [1.807, 2.05) is 0 Å². The molecule has 0 amide bonds. The van der Waals surface area contributed by atoms with Crippen LogP contribution in [0.5, 0.6) is 0 Å². The molecule has 11 aromatic rings. The van der Waals surface area contributed by atoms with Crippen LogP contribution < -0.4 is 4.90 Å².